The number of benzene rings is 2. The molecule has 0 radical (unpaired) electrons. The summed E-state index contributed by atoms with van der Waals surface area (Å²) >= 11 is 0. The molecule has 11 heteroatoms. The summed E-state index contributed by atoms with van der Waals surface area (Å²) in [6.07, 6.45) is 2.49. The van der Waals surface area contributed by atoms with E-state index in [1.165, 1.54) is 40.7 Å². The number of aryl methyl sites for hydroxylation is 1. The molecule has 1 aliphatic heterocycles. The number of fused-ring (bicyclic) bond motifs is 2. The molecule has 4 rings (SSSR count). The summed E-state index contributed by atoms with van der Waals surface area (Å²) in [5, 5.41) is 5.15. The van der Waals surface area contributed by atoms with Crippen molar-refractivity contribution in [1.82, 2.24) is 0 Å². The van der Waals surface area contributed by atoms with Crippen molar-refractivity contribution in [3.63, 3.8) is 0 Å². The standard InChI is InChI=1S/C19H18F2N2O5S2/c20-19(21)28-15-3-1-13-10-17(4-2-12(13)9-15)30(26,27)23-8-7-14-11-16(29(22,24)25)5-6-18(14)23/h1,3,5-6,9-11,19H,2,4,7-8H2,(H2,22,24,25). The predicted molar refractivity (Wildman–Crippen MR) is 107 cm³/mol. The van der Waals surface area contributed by atoms with Crippen molar-refractivity contribution in [3.05, 3.63) is 58.0 Å². The molecule has 0 saturated heterocycles. The van der Waals surface area contributed by atoms with Gasteiger partial charge < -0.3 is 4.74 Å². The van der Waals surface area contributed by atoms with Gasteiger partial charge in [-0.1, -0.05) is 6.07 Å². The third-order valence-corrected chi connectivity index (χ3v) is 8.01. The van der Waals surface area contributed by atoms with E-state index in [1.807, 2.05) is 0 Å². The van der Waals surface area contributed by atoms with Gasteiger partial charge in [-0.25, -0.2) is 22.0 Å². The minimum Gasteiger partial charge on any atom is -0.435 e. The zero-order valence-corrected chi connectivity index (χ0v) is 17.2. The van der Waals surface area contributed by atoms with Gasteiger partial charge in [0.15, 0.2) is 0 Å². The Kier molecular flexibility index (Phi) is 5.07. The van der Waals surface area contributed by atoms with Crippen molar-refractivity contribution in [1.29, 1.82) is 0 Å². The smallest absolute Gasteiger partial charge is 0.387 e. The van der Waals surface area contributed by atoms with Gasteiger partial charge in [-0.05, 0) is 72.4 Å². The monoisotopic (exact) mass is 456 g/mol. The number of rotatable bonds is 5. The van der Waals surface area contributed by atoms with E-state index in [2.05, 4.69) is 4.74 Å². The first-order chi connectivity index (χ1) is 14.1. The molecule has 0 aromatic heterocycles. The molecule has 30 heavy (non-hydrogen) atoms. The molecule has 2 aromatic rings. The minimum absolute atomic E-state index is 0.0302. The molecule has 1 heterocycles. The lowest BCUT2D eigenvalue weighted by atomic mass is 9.97. The van der Waals surface area contributed by atoms with Gasteiger partial charge in [0.1, 0.15) is 5.75 Å². The van der Waals surface area contributed by atoms with Gasteiger partial charge in [0.25, 0.3) is 10.0 Å². The van der Waals surface area contributed by atoms with Crippen LogP contribution in [0.2, 0.25) is 0 Å². The molecule has 1 aliphatic carbocycles. The fourth-order valence-corrected chi connectivity index (χ4v) is 5.99. The number of alkyl halides is 2. The highest BCUT2D eigenvalue weighted by atomic mass is 32.2. The average molecular weight is 456 g/mol. The molecule has 2 N–H and O–H groups in total. The van der Waals surface area contributed by atoms with Crippen molar-refractivity contribution in [2.45, 2.75) is 30.8 Å². The van der Waals surface area contributed by atoms with E-state index in [1.54, 1.807) is 6.07 Å². The maximum absolute atomic E-state index is 13.2. The molecule has 0 saturated carbocycles. The summed E-state index contributed by atoms with van der Waals surface area (Å²) in [4.78, 5) is 0.147. The summed E-state index contributed by atoms with van der Waals surface area (Å²) < 4.78 is 80.0. The van der Waals surface area contributed by atoms with Crippen LogP contribution in [-0.4, -0.2) is 30.0 Å². The number of sulfonamides is 2. The maximum atomic E-state index is 13.2. The molecule has 160 valence electrons. The van der Waals surface area contributed by atoms with Crippen molar-refractivity contribution in [2.24, 2.45) is 5.14 Å². The van der Waals surface area contributed by atoms with Gasteiger partial charge in [0.2, 0.25) is 10.0 Å². The number of hydrogen-bond acceptors (Lipinski definition) is 5. The molecule has 2 aromatic carbocycles. The van der Waals surface area contributed by atoms with Crippen LogP contribution in [0, 0.1) is 0 Å². The molecular formula is C19H18F2N2O5S2. The highest BCUT2D eigenvalue weighted by Gasteiger charge is 2.34. The fourth-order valence-electron chi connectivity index (χ4n) is 3.74. The second-order valence-corrected chi connectivity index (χ2v) is 10.5. The van der Waals surface area contributed by atoms with Gasteiger partial charge in [-0.2, -0.15) is 8.78 Å². The number of allylic oxidation sites excluding steroid dienone is 1. The van der Waals surface area contributed by atoms with Crippen LogP contribution >= 0.6 is 0 Å². The quantitative estimate of drug-likeness (QED) is 0.744. The normalized spacial score (nSPS) is 16.3. The Hall–Kier alpha value is -2.50. The number of halogens is 2. The second-order valence-electron chi connectivity index (χ2n) is 7.01. The molecule has 2 aliphatic rings. The molecular weight excluding hydrogens is 438 g/mol. The second kappa shape index (κ2) is 7.33. The molecule has 0 fully saturated rings. The number of primary sulfonamides is 1. The van der Waals surface area contributed by atoms with Crippen LogP contribution in [0.5, 0.6) is 5.75 Å². The van der Waals surface area contributed by atoms with Gasteiger partial charge >= 0.3 is 6.61 Å². The third kappa shape index (κ3) is 3.80. The van der Waals surface area contributed by atoms with Crippen LogP contribution in [0.15, 0.2) is 46.2 Å². The van der Waals surface area contributed by atoms with E-state index in [-0.39, 0.29) is 28.5 Å². The number of nitrogens with zero attached hydrogens (tertiary/aromatic N) is 1. The van der Waals surface area contributed by atoms with Crippen molar-refractivity contribution >= 4 is 31.8 Å². The number of hydrogen-bond donors (Lipinski definition) is 1. The summed E-state index contributed by atoms with van der Waals surface area (Å²) in [5.41, 5.74) is 2.38. The van der Waals surface area contributed by atoms with Crippen LogP contribution in [-0.2, 0) is 32.9 Å². The summed E-state index contributed by atoms with van der Waals surface area (Å²) in [6, 6.07) is 8.55. The van der Waals surface area contributed by atoms with Gasteiger partial charge in [0.05, 0.1) is 15.5 Å². The number of ether oxygens (including phenoxy) is 1. The maximum Gasteiger partial charge on any atom is 0.387 e. The van der Waals surface area contributed by atoms with Crippen molar-refractivity contribution in [3.8, 4) is 5.75 Å². The molecule has 0 spiro atoms. The summed E-state index contributed by atoms with van der Waals surface area (Å²) in [6.45, 7) is -2.74. The first kappa shape index (κ1) is 20.8. The third-order valence-electron chi connectivity index (χ3n) is 5.15. The van der Waals surface area contributed by atoms with E-state index in [4.69, 9.17) is 5.14 Å². The van der Waals surface area contributed by atoms with Gasteiger partial charge in [0, 0.05) is 6.54 Å². The van der Waals surface area contributed by atoms with Crippen LogP contribution in [0.3, 0.4) is 0 Å². The predicted octanol–water partition coefficient (Wildman–Crippen LogP) is 2.62. The fraction of sp³-hybridized carbons (Fsp3) is 0.263. The van der Waals surface area contributed by atoms with Crippen LogP contribution < -0.4 is 14.2 Å². The number of anilines is 1. The largest absolute Gasteiger partial charge is 0.435 e. The van der Waals surface area contributed by atoms with Gasteiger partial charge in [-0.15, -0.1) is 0 Å². The SMILES string of the molecule is NS(=O)(=O)c1ccc2c(c1)CCN2S(=O)(=O)C1=Cc2ccc(OC(F)F)cc2CC1. The van der Waals surface area contributed by atoms with Crippen LogP contribution in [0.1, 0.15) is 23.1 Å². The summed E-state index contributed by atoms with van der Waals surface area (Å²) in [5.74, 6) is 0.0302. The van der Waals surface area contributed by atoms with E-state index in [9.17, 15) is 25.6 Å². The Balaban J connectivity index is 1.65. The average Bonchev–Trinajstić information content (AvgIpc) is 3.10. The van der Waals surface area contributed by atoms with E-state index < -0.39 is 26.7 Å². The highest BCUT2D eigenvalue weighted by molar-refractivity contribution is 7.96. The Labute approximate surface area is 172 Å². The van der Waals surface area contributed by atoms with Crippen LogP contribution in [0.25, 0.3) is 6.08 Å². The highest BCUT2D eigenvalue weighted by Crippen LogP contribution is 2.37. The topological polar surface area (TPSA) is 107 Å². The molecule has 0 amide bonds. The molecule has 0 unspecified atom stereocenters. The first-order valence-electron chi connectivity index (χ1n) is 9.02. The van der Waals surface area contributed by atoms with Crippen molar-refractivity contribution in [2.75, 3.05) is 10.8 Å². The first-order valence-corrected chi connectivity index (χ1v) is 12.0. The molecule has 7 nitrogen and oxygen atoms in total. The molecule has 0 atom stereocenters. The lowest BCUT2D eigenvalue weighted by Gasteiger charge is -2.24. The Bertz CT molecular complexity index is 1260. The lowest BCUT2D eigenvalue weighted by Crippen LogP contribution is -2.31. The van der Waals surface area contributed by atoms with Crippen molar-refractivity contribution < 1.29 is 30.4 Å². The van der Waals surface area contributed by atoms with E-state index in [0.717, 1.165) is 5.56 Å². The zero-order chi connectivity index (χ0) is 21.7. The molecule has 0 bridgehead atoms. The summed E-state index contributed by atoms with van der Waals surface area (Å²) in [7, 11) is -7.71. The minimum atomic E-state index is -3.88. The Morgan fingerprint density at radius 1 is 0.967 bits per heavy atom. The Morgan fingerprint density at radius 3 is 2.43 bits per heavy atom. The zero-order valence-electron chi connectivity index (χ0n) is 15.6. The lowest BCUT2D eigenvalue weighted by molar-refractivity contribution is -0.0498. The van der Waals surface area contributed by atoms with Gasteiger partial charge in [-0.3, -0.25) is 4.31 Å². The van der Waals surface area contributed by atoms with E-state index in [0.29, 0.717) is 29.7 Å². The number of nitrogens with two attached hydrogens (primary N) is 1. The Morgan fingerprint density at radius 2 is 1.73 bits per heavy atom. The van der Waals surface area contributed by atoms with Crippen LogP contribution in [0.4, 0.5) is 14.5 Å². The van der Waals surface area contributed by atoms with E-state index >= 15 is 0 Å².